The number of ketones is 1. The quantitative estimate of drug-likeness (QED) is 0.470. The molecule has 1 aromatic rings. The highest BCUT2D eigenvalue weighted by Crippen LogP contribution is 2.18. The zero-order valence-corrected chi connectivity index (χ0v) is 10.4. The van der Waals surface area contributed by atoms with Crippen molar-refractivity contribution in [2.45, 2.75) is 19.8 Å². The van der Waals surface area contributed by atoms with Crippen LogP contribution in [-0.4, -0.2) is 5.78 Å². The molecule has 0 amide bonds. The van der Waals surface area contributed by atoms with Gasteiger partial charge in [0.15, 0.2) is 5.78 Å². The molecule has 0 aliphatic rings. The van der Waals surface area contributed by atoms with E-state index >= 15 is 0 Å². The van der Waals surface area contributed by atoms with Gasteiger partial charge in [0.2, 0.25) is 0 Å². The van der Waals surface area contributed by atoms with Gasteiger partial charge in [-0.1, -0.05) is 24.3 Å². The van der Waals surface area contributed by atoms with Crippen molar-refractivity contribution in [3.8, 4) is 0 Å². The number of Topliss-reactive ketones (excluding diaryl/α,β-unsaturated/α-hetero) is 1. The Morgan fingerprint density at radius 2 is 2.29 bits per heavy atom. The number of halogens is 1. The van der Waals surface area contributed by atoms with E-state index in [1.807, 2.05) is 25.1 Å². The van der Waals surface area contributed by atoms with E-state index in [-0.39, 0.29) is 5.78 Å². The number of aryl methyl sites for hydroxylation is 1. The number of carbonyl (C=O) groups is 1. The van der Waals surface area contributed by atoms with Gasteiger partial charge >= 0.3 is 0 Å². The van der Waals surface area contributed by atoms with Crippen LogP contribution in [0.2, 0.25) is 0 Å². The molecule has 0 spiro atoms. The van der Waals surface area contributed by atoms with Gasteiger partial charge < -0.3 is 0 Å². The highest BCUT2D eigenvalue weighted by atomic mass is 127. The second-order valence-electron chi connectivity index (χ2n) is 3.19. The monoisotopic (exact) mass is 300 g/mol. The Morgan fingerprint density at radius 1 is 1.57 bits per heavy atom. The van der Waals surface area contributed by atoms with Crippen molar-refractivity contribution >= 4 is 28.4 Å². The third-order valence-corrected chi connectivity index (χ3v) is 3.50. The van der Waals surface area contributed by atoms with Gasteiger partial charge in [-0.2, -0.15) is 0 Å². The summed E-state index contributed by atoms with van der Waals surface area (Å²) in [7, 11) is 0. The molecule has 0 bridgehead atoms. The lowest BCUT2D eigenvalue weighted by Gasteiger charge is -2.04. The second-order valence-corrected chi connectivity index (χ2v) is 4.27. The van der Waals surface area contributed by atoms with Gasteiger partial charge in [-0.25, -0.2) is 0 Å². The summed E-state index contributed by atoms with van der Waals surface area (Å²) in [6.07, 6.45) is 3.09. The predicted octanol–water partition coefficient (Wildman–Crippen LogP) is 3.75. The van der Waals surface area contributed by atoms with Crippen molar-refractivity contribution in [1.82, 2.24) is 0 Å². The number of carbonyl (C=O) groups excluding carboxylic acids is 1. The molecular weight excluding hydrogens is 287 g/mol. The summed E-state index contributed by atoms with van der Waals surface area (Å²) in [5.41, 5.74) is 2.00. The van der Waals surface area contributed by atoms with Crippen LogP contribution >= 0.6 is 22.6 Å². The zero-order chi connectivity index (χ0) is 10.6. The maximum Gasteiger partial charge on any atom is 0.164 e. The Labute approximate surface area is 98.4 Å². The number of hydrogen-bond acceptors (Lipinski definition) is 1. The molecule has 0 heterocycles. The number of hydrogen-bond donors (Lipinski definition) is 0. The van der Waals surface area contributed by atoms with Crippen LogP contribution in [0.3, 0.4) is 0 Å². The van der Waals surface area contributed by atoms with Crippen LogP contribution in [0.5, 0.6) is 0 Å². The van der Waals surface area contributed by atoms with Crippen molar-refractivity contribution in [3.05, 3.63) is 45.6 Å². The fourth-order valence-corrected chi connectivity index (χ4v) is 1.89. The molecule has 0 saturated heterocycles. The van der Waals surface area contributed by atoms with Crippen LogP contribution in [0.25, 0.3) is 0 Å². The maximum atomic E-state index is 11.7. The topological polar surface area (TPSA) is 17.1 Å². The molecule has 0 saturated carbocycles. The first-order valence-corrected chi connectivity index (χ1v) is 5.64. The van der Waals surface area contributed by atoms with E-state index in [9.17, 15) is 4.79 Å². The Balaban J connectivity index is 2.89. The van der Waals surface area contributed by atoms with Gasteiger partial charge in [0.1, 0.15) is 0 Å². The predicted molar refractivity (Wildman–Crippen MR) is 67.7 cm³/mol. The molecule has 0 radical (unpaired) electrons. The lowest BCUT2D eigenvalue weighted by Crippen LogP contribution is -2.02. The summed E-state index contributed by atoms with van der Waals surface area (Å²) in [5.74, 6) is 0.206. The standard InChI is InChI=1S/C12H13IO/c1-3-4-8-11(14)10-7-5-6-9(2)12(10)13/h3,5-7H,1,4,8H2,2H3. The summed E-state index contributed by atoms with van der Waals surface area (Å²) in [5, 5.41) is 0. The number of allylic oxidation sites excluding steroid dienone is 1. The van der Waals surface area contributed by atoms with Crippen molar-refractivity contribution in [1.29, 1.82) is 0 Å². The third-order valence-electron chi connectivity index (χ3n) is 2.07. The van der Waals surface area contributed by atoms with Crippen molar-refractivity contribution < 1.29 is 4.79 Å². The van der Waals surface area contributed by atoms with Crippen molar-refractivity contribution in [2.75, 3.05) is 0 Å². The smallest absolute Gasteiger partial charge is 0.164 e. The molecule has 1 aromatic carbocycles. The Hall–Kier alpha value is -0.640. The molecule has 0 aromatic heterocycles. The highest BCUT2D eigenvalue weighted by molar-refractivity contribution is 14.1. The average molecular weight is 300 g/mol. The van der Waals surface area contributed by atoms with E-state index < -0.39 is 0 Å². The van der Waals surface area contributed by atoms with Gasteiger partial charge in [-0.15, -0.1) is 6.58 Å². The molecule has 74 valence electrons. The zero-order valence-electron chi connectivity index (χ0n) is 8.22. The molecule has 14 heavy (non-hydrogen) atoms. The maximum absolute atomic E-state index is 11.7. The van der Waals surface area contributed by atoms with Crippen LogP contribution < -0.4 is 0 Å². The molecule has 0 aliphatic carbocycles. The van der Waals surface area contributed by atoms with Gasteiger partial charge in [0.25, 0.3) is 0 Å². The van der Waals surface area contributed by atoms with Crippen molar-refractivity contribution in [2.24, 2.45) is 0 Å². The van der Waals surface area contributed by atoms with Gasteiger partial charge in [-0.05, 0) is 41.5 Å². The first-order chi connectivity index (χ1) is 6.66. The summed E-state index contributed by atoms with van der Waals surface area (Å²) in [4.78, 5) is 11.7. The second kappa shape index (κ2) is 5.29. The average Bonchev–Trinajstić information content (AvgIpc) is 2.18. The number of benzene rings is 1. The van der Waals surface area contributed by atoms with Crippen molar-refractivity contribution in [3.63, 3.8) is 0 Å². The number of rotatable bonds is 4. The van der Waals surface area contributed by atoms with Crippen LogP contribution in [0, 0.1) is 10.5 Å². The van der Waals surface area contributed by atoms with Gasteiger partial charge in [-0.3, -0.25) is 4.79 Å². The molecule has 0 aliphatic heterocycles. The Bertz CT molecular complexity index is 355. The van der Waals surface area contributed by atoms with Crippen LogP contribution in [0.15, 0.2) is 30.9 Å². The van der Waals surface area contributed by atoms with E-state index in [0.29, 0.717) is 6.42 Å². The minimum atomic E-state index is 0.206. The first-order valence-electron chi connectivity index (χ1n) is 4.56. The molecule has 2 heteroatoms. The van der Waals surface area contributed by atoms with Gasteiger partial charge in [0.05, 0.1) is 0 Å². The van der Waals surface area contributed by atoms with E-state index in [0.717, 1.165) is 21.1 Å². The Kier molecular flexibility index (Phi) is 4.32. The minimum Gasteiger partial charge on any atom is -0.294 e. The molecule has 0 N–H and O–H groups in total. The summed E-state index contributed by atoms with van der Waals surface area (Å²) < 4.78 is 1.07. The van der Waals surface area contributed by atoms with Crippen LogP contribution in [-0.2, 0) is 0 Å². The summed E-state index contributed by atoms with van der Waals surface area (Å²) >= 11 is 2.23. The lowest BCUT2D eigenvalue weighted by atomic mass is 10.0. The fourth-order valence-electron chi connectivity index (χ4n) is 1.23. The SMILES string of the molecule is C=CCCC(=O)c1cccc(C)c1I. The van der Waals surface area contributed by atoms with Gasteiger partial charge in [0, 0.05) is 15.6 Å². The molecule has 1 nitrogen and oxygen atoms in total. The third kappa shape index (κ3) is 2.67. The largest absolute Gasteiger partial charge is 0.294 e. The molecule has 0 unspecified atom stereocenters. The normalized spacial score (nSPS) is 9.86. The summed E-state index contributed by atoms with van der Waals surface area (Å²) in [6, 6.07) is 5.84. The molecule has 0 atom stereocenters. The van der Waals surface area contributed by atoms with E-state index in [2.05, 4.69) is 29.2 Å². The van der Waals surface area contributed by atoms with E-state index in [4.69, 9.17) is 0 Å². The fraction of sp³-hybridized carbons (Fsp3) is 0.250. The molecule has 1 rings (SSSR count). The highest BCUT2D eigenvalue weighted by Gasteiger charge is 2.09. The first kappa shape index (κ1) is 11.4. The van der Waals surface area contributed by atoms with Crippen LogP contribution in [0.4, 0.5) is 0 Å². The van der Waals surface area contributed by atoms with E-state index in [1.54, 1.807) is 6.08 Å². The Morgan fingerprint density at radius 3 is 2.93 bits per heavy atom. The van der Waals surface area contributed by atoms with Crippen LogP contribution in [0.1, 0.15) is 28.8 Å². The molecule has 0 fully saturated rings. The van der Waals surface area contributed by atoms with E-state index in [1.165, 1.54) is 0 Å². The molecular formula is C12H13IO. The lowest BCUT2D eigenvalue weighted by molar-refractivity contribution is 0.0983. The minimum absolute atomic E-state index is 0.206. The summed E-state index contributed by atoms with van der Waals surface area (Å²) in [6.45, 7) is 5.63.